The number of fused-ring (bicyclic) bond motifs is 2. The Hall–Kier alpha value is -9.55. The molecule has 11 atom stereocenters. The standard InChI is InChI=1S/C71H97N17O11S2/c1-7-9-10-11-19-26-76-60(41(3)4)70(98)87-58-38-101-36-46-23-16-15-22-45(46)35-100-37-57(86-63(91)43(6)80-64(92)56(31-59(72)89)84-69(58)97)68(96)82-53(27-44-20-13-12-14-21-44)65(93)83-55(30-49-34-75-40-79-49)67(95)88-61(42(5)8-2)71(99)85-54(28-47-32-77-51-25-18-17-24-50(47)51)66(94)81-52(62(73)90)29-48-33-74-39-78-48/h12-18,20-25,32-34,39-43,52-58,60-61,76-77H,7-11,19,26-31,35-38H2,1-6H3,(H2,72,89)(H2,73,90)(H,74,78)(H,75,79)(H,80,92)(H,81,94)(H,82,96)(H,83,93)(H,84,97)(H,85,99)(H,86,91)(H,87,98)(H,88,95)/t42-,43-,52-,53-,54-,55-,56-,57+,58+,60-,61?/m0/s1. The van der Waals surface area contributed by atoms with E-state index in [0.717, 1.165) is 54.1 Å². The van der Waals surface area contributed by atoms with Crippen LogP contribution in [0.3, 0.4) is 0 Å². The Morgan fingerprint density at radius 3 is 1.79 bits per heavy atom. The maximum atomic E-state index is 15.1. The van der Waals surface area contributed by atoms with Crippen molar-refractivity contribution in [2.45, 2.75) is 184 Å². The molecular weight excluding hydrogens is 1330 g/mol. The number of carbonyl (C=O) groups is 11. The zero-order chi connectivity index (χ0) is 73.0. The zero-order valence-electron chi connectivity index (χ0n) is 58.0. The summed E-state index contributed by atoms with van der Waals surface area (Å²) in [5.41, 5.74) is 16.1. The van der Waals surface area contributed by atoms with Crippen LogP contribution >= 0.6 is 23.5 Å². The minimum Gasteiger partial charge on any atom is -0.370 e. The molecule has 544 valence electrons. The van der Waals surface area contributed by atoms with Crippen molar-refractivity contribution in [1.29, 1.82) is 0 Å². The first kappa shape index (κ1) is 78.8. The molecule has 1 aliphatic rings. The second-order valence-corrected chi connectivity index (χ2v) is 27.9. The smallest absolute Gasteiger partial charge is 0.244 e. The van der Waals surface area contributed by atoms with Gasteiger partial charge >= 0.3 is 0 Å². The van der Waals surface area contributed by atoms with Crippen molar-refractivity contribution in [2.75, 3.05) is 18.1 Å². The van der Waals surface area contributed by atoms with E-state index >= 15 is 9.59 Å². The highest BCUT2D eigenvalue weighted by atomic mass is 32.2. The van der Waals surface area contributed by atoms with Gasteiger partial charge in [0.15, 0.2) is 0 Å². The molecule has 3 aromatic carbocycles. The summed E-state index contributed by atoms with van der Waals surface area (Å²) in [6.07, 6.45) is 11.9. The number of amides is 11. The number of aromatic nitrogens is 5. The summed E-state index contributed by atoms with van der Waals surface area (Å²) >= 11 is 2.66. The highest BCUT2D eigenvalue weighted by Crippen LogP contribution is 2.24. The summed E-state index contributed by atoms with van der Waals surface area (Å²) in [5, 5.41) is 29.0. The van der Waals surface area contributed by atoms with Crippen molar-refractivity contribution in [3.8, 4) is 0 Å². The van der Waals surface area contributed by atoms with E-state index in [9.17, 15) is 43.2 Å². The van der Waals surface area contributed by atoms with Crippen LogP contribution in [0.5, 0.6) is 0 Å². The number of nitrogens with zero attached hydrogens (tertiary/aromatic N) is 2. The van der Waals surface area contributed by atoms with E-state index in [2.05, 4.69) is 85.0 Å². The molecule has 0 bridgehead atoms. The number of nitrogens with two attached hydrogens (primary N) is 2. The first-order chi connectivity index (χ1) is 48.5. The second kappa shape index (κ2) is 40.0. The van der Waals surface area contributed by atoms with Crippen LogP contribution in [0.1, 0.15) is 120 Å². The predicted molar refractivity (Wildman–Crippen MR) is 386 cm³/mol. The van der Waals surface area contributed by atoms with E-state index in [-0.39, 0.29) is 43.1 Å². The van der Waals surface area contributed by atoms with Crippen LogP contribution in [0, 0.1) is 11.8 Å². The van der Waals surface area contributed by atoms with Crippen LogP contribution in [-0.4, -0.2) is 168 Å². The van der Waals surface area contributed by atoms with E-state index in [0.29, 0.717) is 47.0 Å². The number of primary amides is 2. The van der Waals surface area contributed by atoms with Crippen molar-refractivity contribution >= 4 is 99.4 Å². The molecule has 30 heteroatoms. The normalized spacial score (nSPS) is 18.4. The Morgan fingerprint density at radius 2 is 1.17 bits per heavy atom. The Morgan fingerprint density at radius 1 is 0.584 bits per heavy atom. The van der Waals surface area contributed by atoms with Gasteiger partial charge in [0.2, 0.25) is 65.0 Å². The van der Waals surface area contributed by atoms with E-state index in [1.807, 2.05) is 69.3 Å². The molecule has 101 heavy (non-hydrogen) atoms. The zero-order valence-corrected chi connectivity index (χ0v) is 59.6. The molecular formula is C71H97N17O11S2. The lowest BCUT2D eigenvalue weighted by atomic mass is 9.96. The van der Waals surface area contributed by atoms with E-state index < -0.39 is 138 Å². The fourth-order valence-corrected chi connectivity index (χ4v) is 13.7. The molecule has 7 rings (SSSR count). The quantitative estimate of drug-likeness (QED) is 0.0263. The van der Waals surface area contributed by atoms with Gasteiger partial charge in [-0.05, 0) is 60.0 Å². The van der Waals surface area contributed by atoms with Crippen molar-refractivity contribution in [3.05, 3.63) is 144 Å². The van der Waals surface area contributed by atoms with Gasteiger partial charge in [0.1, 0.15) is 54.4 Å². The fraction of sp³-hybridized carbons (Fsp3) is 0.479. The molecule has 0 fully saturated rings. The van der Waals surface area contributed by atoms with Gasteiger partial charge < -0.3 is 79.6 Å². The Kier molecular flexibility index (Phi) is 31.2. The van der Waals surface area contributed by atoms with Crippen molar-refractivity contribution in [1.82, 2.24) is 78.1 Å². The number of hydrogen-bond donors (Lipinski definition) is 15. The lowest BCUT2D eigenvalue weighted by Gasteiger charge is -2.29. The van der Waals surface area contributed by atoms with Crippen molar-refractivity contribution in [3.63, 3.8) is 0 Å². The van der Waals surface area contributed by atoms with Crippen LogP contribution in [-0.2, 0) is 89.9 Å². The van der Waals surface area contributed by atoms with Gasteiger partial charge in [-0.25, -0.2) is 9.97 Å². The van der Waals surface area contributed by atoms with Crippen molar-refractivity contribution < 1.29 is 52.7 Å². The number of H-pyrrole nitrogens is 3. The summed E-state index contributed by atoms with van der Waals surface area (Å²) < 4.78 is 0. The number of carbonyl (C=O) groups excluding carboxylic acids is 11. The van der Waals surface area contributed by atoms with E-state index in [1.165, 1.54) is 55.5 Å². The average molecular weight is 1430 g/mol. The van der Waals surface area contributed by atoms with Gasteiger partial charge in [-0.3, -0.25) is 52.7 Å². The van der Waals surface area contributed by atoms with Gasteiger partial charge in [-0.15, -0.1) is 0 Å². The topological polar surface area (TPSA) is 433 Å². The first-order valence-electron chi connectivity index (χ1n) is 34.3. The molecule has 0 spiro atoms. The summed E-state index contributed by atoms with van der Waals surface area (Å²) in [5.74, 6) is -8.77. The number of nitrogens with one attached hydrogen (secondary N) is 13. The molecule has 1 aliphatic heterocycles. The van der Waals surface area contributed by atoms with Crippen LogP contribution in [0.2, 0.25) is 0 Å². The Labute approximate surface area is 596 Å². The molecule has 17 N–H and O–H groups in total. The molecule has 1 unspecified atom stereocenters. The Bertz CT molecular complexity index is 3730. The summed E-state index contributed by atoms with van der Waals surface area (Å²) in [6, 6.07) is 10.7. The third-order valence-corrected chi connectivity index (χ3v) is 19.7. The lowest BCUT2D eigenvalue weighted by molar-refractivity contribution is -0.136. The number of imidazole rings is 2. The summed E-state index contributed by atoms with van der Waals surface area (Å²) in [6.45, 7) is 11.4. The largest absolute Gasteiger partial charge is 0.370 e. The van der Waals surface area contributed by atoms with Gasteiger partial charge in [-0.2, -0.15) is 23.5 Å². The molecule has 3 aromatic heterocycles. The predicted octanol–water partition coefficient (Wildman–Crippen LogP) is 2.44. The molecule has 28 nitrogen and oxygen atoms in total. The van der Waals surface area contributed by atoms with Crippen LogP contribution < -0.4 is 64.6 Å². The molecule has 4 heterocycles. The van der Waals surface area contributed by atoms with Gasteiger partial charge in [0.25, 0.3) is 0 Å². The van der Waals surface area contributed by atoms with Crippen molar-refractivity contribution in [2.24, 2.45) is 23.3 Å². The number of para-hydroxylation sites is 1. The van der Waals surface area contributed by atoms with Crippen LogP contribution in [0.25, 0.3) is 10.9 Å². The number of hydrogen-bond acceptors (Lipinski definition) is 16. The molecule has 0 radical (unpaired) electrons. The SMILES string of the molecule is CCCCCCCN[C@H](C(=O)N[C@@H]1CSCc2ccccc2CSC[C@H](C(=O)N[C@@H](Cc2ccccc2)C(=O)N[C@@H](Cc2cnc[nH]2)C(=O)NC(C(=O)N[C@@H](Cc2c[nH]c3ccccc23)C(=O)N[C@@H](Cc2cnc[nH]2)C(N)=O)[C@@H](C)CC)NC(=O)[C@H](C)NC(=O)[C@H](CC(N)=O)NC1=O)C(C)C. The molecule has 6 aromatic rings. The molecule has 0 aliphatic carbocycles. The summed E-state index contributed by atoms with van der Waals surface area (Å²) in [4.78, 5) is 174. The molecule has 0 saturated heterocycles. The minimum atomic E-state index is -1.60. The highest BCUT2D eigenvalue weighted by Gasteiger charge is 2.38. The Balaban J connectivity index is 1.13. The van der Waals surface area contributed by atoms with Gasteiger partial charge in [0.05, 0.1) is 25.1 Å². The monoisotopic (exact) mass is 1430 g/mol. The lowest BCUT2D eigenvalue weighted by Crippen LogP contribution is -2.62. The maximum Gasteiger partial charge on any atom is 0.244 e. The number of rotatable bonds is 33. The third-order valence-electron chi connectivity index (χ3n) is 17.5. The number of benzene rings is 3. The number of aromatic amines is 3. The molecule has 0 saturated carbocycles. The average Bonchev–Trinajstić information content (AvgIpc) is 1.69. The summed E-state index contributed by atoms with van der Waals surface area (Å²) in [7, 11) is 0. The number of unbranched alkanes of at least 4 members (excludes halogenated alkanes) is 4. The van der Waals surface area contributed by atoms with Gasteiger partial charge in [-0.1, -0.05) is 140 Å². The maximum absolute atomic E-state index is 15.1. The van der Waals surface area contributed by atoms with E-state index in [4.69, 9.17) is 11.5 Å². The number of thioether (sulfide) groups is 2. The first-order valence-corrected chi connectivity index (χ1v) is 36.6. The third kappa shape index (κ3) is 24.6. The minimum absolute atomic E-state index is 0.0270. The molecule has 11 amide bonds. The second-order valence-electron chi connectivity index (χ2n) is 25.8. The highest BCUT2D eigenvalue weighted by molar-refractivity contribution is 7.99. The fourth-order valence-electron chi connectivity index (χ4n) is 11.5. The van der Waals surface area contributed by atoms with Crippen LogP contribution in [0.4, 0.5) is 0 Å². The van der Waals surface area contributed by atoms with E-state index in [1.54, 1.807) is 43.5 Å². The van der Waals surface area contributed by atoms with Crippen LogP contribution in [0.15, 0.2) is 110 Å². The van der Waals surface area contributed by atoms with Gasteiger partial charge in [0, 0.05) is 89.6 Å².